The van der Waals surface area contributed by atoms with Crippen molar-refractivity contribution in [3.63, 3.8) is 0 Å². The summed E-state index contributed by atoms with van der Waals surface area (Å²) in [4.78, 5) is 19.2. The summed E-state index contributed by atoms with van der Waals surface area (Å²) in [5.74, 6) is 0.596. The van der Waals surface area contributed by atoms with Crippen LogP contribution in [0.2, 0.25) is 0 Å². The number of amides is 1. The van der Waals surface area contributed by atoms with E-state index in [9.17, 15) is 4.79 Å². The van der Waals surface area contributed by atoms with E-state index in [2.05, 4.69) is 34.5 Å². The number of carbonyl (C=O) groups excluding carboxylic acids is 1. The number of anilines is 1. The number of aryl methyl sites for hydroxylation is 1. The van der Waals surface area contributed by atoms with Gasteiger partial charge >= 0.3 is 6.01 Å². The Labute approximate surface area is 180 Å². The Morgan fingerprint density at radius 2 is 1.76 bits per heavy atom. The highest BCUT2D eigenvalue weighted by Crippen LogP contribution is 2.30. The van der Waals surface area contributed by atoms with Crippen molar-refractivity contribution in [2.75, 3.05) is 17.8 Å². The first-order valence-corrected chi connectivity index (χ1v) is 12.0. The maximum absolute atomic E-state index is 12.9. The number of hydrogen-bond donors (Lipinski definition) is 1. The smallest absolute Gasteiger partial charge is 0.315 e. The first-order chi connectivity index (χ1) is 14.2. The van der Waals surface area contributed by atoms with Gasteiger partial charge in [0.25, 0.3) is 5.91 Å². The van der Waals surface area contributed by atoms with Crippen LogP contribution in [0.1, 0.15) is 47.4 Å². The van der Waals surface area contributed by atoms with E-state index in [1.54, 1.807) is 23.5 Å². The van der Waals surface area contributed by atoms with Crippen LogP contribution in [-0.4, -0.2) is 28.6 Å². The van der Waals surface area contributed by atoms with Crippen LogP contribution in [-0.2, 0) is 6.42 Å². The fourth-order valence-corrected chi connectivity index (χ4v) is 4.49. The summed E-state index contributed by atoms with van der Waals surface area (Å²) in [6.45, 7) is 2.11. The summed E-state index contributed by atoms with van der Waals surface area (Å²) in [6, 6.07) is 16.4. The van der Waals surface area contributed by atoms with E-state index < -0.39 is 0 Å². The maximum atomic E-state index is 12.9. The Bertz CT molecular complexity index is 922. The zero-order valence-corrected chi connectivity index (χ0v) is 18.5. The Morgan fingerprint density at radius 1 is 1.07 bits per heavy atom. The zero-order chi connectivity index (χ0) is 20.6. The molecule has 0 aliphatic rings. The molecule has 0 saturated heterocycles. The van der Waals surface area contributed by atoms with E-state index in [-0.39, 0.29) is 17.8 Å². The zero-order valence-electron chi connectivity index (χ0n) is 16.8. The molecule has 1 amide bonds. The summed E-state index contributed by atoms with van der Waals surface area (Å²) in [7, 11) is 0. The molecule has 0 aliphatic heterocycles. The van der Waals surface area contributed by atoms with E-state index in [0.29, 0.717) is 11.4 Å². The average molecular weight is 428 g/mol. The predicted molar refractivity (Wildman–Crippen MR) is 120 cm³/mol. The molecule has 0 radical (unpaired) electrons. The lowest BCUT2D eigenvalue weighted by molar-refractivity contribution is 0.101. The Morgan fingerprint density at radius 3 is 2.38 bits per heavy atom. The van der Waals surface area contributed by atoms with E-state index in [4.69, 9.17) is 4.52 Å². The van der Waals surface area contributed by atoms with Crippen LogP contribution >= 0.6 is 23.5 Å². The maximum Gasteiger partial charge on any atom is 0.328 e. The molecule has 1 aromatic heterocycles. The third kappa shape index (κ3) is 5.42. The molecule has 5 nitrogen and oxygen atoms in total. The van der Waals surface area contributed by atoms with Crippen LogP contribution in [0.4, 0.5) is 6.01 Å². The van der Waals surface area contributed by atoms with Crippen molar-refractivity contribution in [3.05, 3.63) is 65.5 Å². The van der Waals surface area contributed by atoms with Gasteiger partial charge in [0.2, 0.25) is 0 Å². The lowest BCUT2D eigenvalue weighted by Crippen LogP contribution is -2.14. The van der Waals surface area contributed by atoms with Crippen LogP contribution in [0.5, 0.6) is 0 Å². The van der Waals surface area contributed by atoms with Crippen LogP contribution in [0.3, 0.4) is 0 Å². The molecule has 0 fully saturated rings. The highest BCUT2D eigenvalue weighted by atomic mass is 32.2. The Hall–Kier alpha value is -2.25. The third-order valence-corrected chi connectivity index (χ3v) is 6.36. The highest BCUT2D eigenvalue weighted by Gasteiger charge is 2.21. The molecule has 152 valence electrons. The second-order valence-electron chi connectivity index (χ2n) is 6.58. The number of benzene rings is 2. The van der Waals surface area contributed by atoms with Crippen LogP contribution in [0.25, 0.3) is 0 Å². The number of nitrogens with one attached hydrogen (secondary N) is 1. The van der Waals surface area contributed by atoms with E-state index in [1.807, 2.05) is 48.9 Å². The molecule has 3 aromatic rings. The van der Waals surface area contributed by atoms with Crippen LogP contribution < -0.4 is 5.32 Å². The number of rotatable bonds is 9. The summed E-state index contributed by atoms with van der Waals surface area (Å²) in [6.07, 6.45) is 6.71. The van der Waals surface area contributed by atoms with Gasteiger partial charge in [0.15, 0.2) is 5.82 Å². The van der Waals surface area contributed by atoms with Crippen molar-refractivity contribution >= 4 is 35.4 Å². The molecular formula is C22H25N3O2S2. The van der Waals surface area contributed by atoms with Crippen molar-refractivity contribution < 1.29 is 9.32 Å². The molecule has 1 atom stereocenters. The lowest BCUT2D eigenvalue weighted by atomic mass is 9.96. The van der Waals surface area contributed by atoms with Gasteiger partial charge in [-0.05, 0) is 49.5 Å². The second kappa shape index (κ2) is 10.5. The summed E-state index contributed by atoms with van der Waals surface area (Å²) in [5.41, 5.74) is 1.93. The van der Waals surface area contributed by atoms with Gasteiger partial charge in [-0.1, -0.05) is 48.5 Å². The molecule has 3 rings (SSSR count). The van der Waals surface area contributed by atoms with Gasteiger partial charge in [-0.2, -0.15) is 4.98 Å². The normalized spacial score (nSPS) is 12.0. The van der Waals surface area contributed by atoms with E-state index in [1.165, 1.54) is 5.56 Å². The standard InChI is InChI=1S/C22H25N3O2S2/c1-4-16(14-13-15-9-6-5-7-10-15)20-23-22(27-25-20)24-21(26)19-17(28-2)11-8-12-18(19)29-3/h5-12,16H,4,13-14H2,1-3H3,(H,23,24,25,26). The van der Waals surface area contributed by atoms with Gasteiger partial charge in [0.05, 0.1) is 5.56 Å². The molecule has 0 saturated carbocycles. The quantitative estimate of drug-likeness (QED) is 0.429. The molecule has 7 heteroatoms. The third-order valence-electron chi connectivity index (χ3n) is 4.80. The minimum atomic E-state index is -0.230. The lowest BCUT2D eigenvalue weighted by Gasteiger charge is -2.11. The second-order valence-corrected chi connectivity index (χ2v) is 8.27. The van der Waals surface area contributed by atoms with Crippen molar-refractivity contribution in [3.8, 4) is 0 Å². The summed E-state index contributed by atoms with van der Waals surface area (Å²) < 4.78 is 5.33. The van der Waals surface area contributed by atoms with Gasteiger partial charge in [-0.25, -0.2) is 0 Å². The molecule has 0 aliphatic carbocycles. The molecule has 0 bridgehead atoms. The summed E-state index contributed by atoms with van der Waals surface area (Å²) >= 11 is 3.08. The van der Waals surface area contributed by atoms with Crippen LogP contribution in [0, 0.1) is 0 Å². The highest BCUT2D eigenvalue weighted by molar-refractivity contribution is 7.99. The van der Waals surface area contributed by atoms with Crippen molar-refractivity contribution in [1.29, 1.82) is 0 Å². The van der Waals surface area contributed by atoms with Gasteiger partial charge < -0.3 is 4.52 Å². The molecule has 29 heavy (non-hydrogen) atoms. The molecule has 1 unspecified atom stereocenters. The van der Waals surface area contributed by atoms with Gasteiger partial charge in [-0.3, -0.25) is 10.1 Å². The number of hydrogen-bond acceptors (Lipinski definition) is 6. The largest absolute Gasteiger partial charge is 0.328 e. The first kappa shape index (κ1) is 21.5. The predicted octanol–water partition coefficient (Wildman–Crippen LogP) is 5.89. The Balaban J connectivity index is 1.70. The minimum Gasteiger partial charge on any atom is -0.315 e. The van der Waals surface area contributed by atoms with Gasteiger partial charge in [-0.15, -0.1) is 23.5 Å². The molecule has 0 spiro atoms. The number of thioether (sulfide) groups is 2. The average Bonchev–Trinajstić information content (AvgIpc) is 3.22. The Kier molecular flexibility index (Phi) is 7.77. The number of nitrogens with zero attached hydrogens (tertiary/aromatic N) is 2. The SMILES string of the molecule is CCC(CCc1ccccc1)c1noc(NC(=O)c2c(SC)cccc2SC)n1. The molecule has 1 heterocycles. The molecular weight excluding hydrogens is 402 g/mol. The van der Waals surface area contributed by atoms with E-state index >= 15 is 0 Å². The van der Waals surface area contributed by atoms with Crippen molar-refractivity contribution in [2.45, 2.75) is 41.9 Å². The fourth-order valence-electron chi connectivity index (χ4n) is 3.19. The fraction of sp³-hybridized carbons (Fsp3) is 0.318. The number of aromatic nitrogens is 2. The molecule has 2 aromatic carbocycles. The monoisotopic (exact) mass is 427 g/mol. The van der Waals surface area contributed by atoms with Gasteiger partial charge in [0.1, 0.15) is 0 Å². The summed E-state index contributed by atoms with van der Waals surface area (Å²) in [5, 5.41) is 6.90. The minimum absolute atomic E-state index is 0.145. The topological polar surface area (TPSA) is 68.0 Å². The first-order valence-electron chi connectivity index (χ1n) is 9.56. The number of carbonyl (C=O) groups is 1. The van der Waals surface area contributed by atoms with Gasteiger partial charge in [0, 0.05) is 15.7 Å². The van der Waals surface area contributed by atoms with E-state index in [0.717, 1.165) is 29.1 Å². The van der Waals surface area contributed by atoms with Crippen molar-refractivity contribution in [2.24, 2.45) is 0 Å². The molecule has 1 N–H and O–H groups in total. The van der Waals surface area contributed by atoms with Crippen LogP contribution in [0.15, 0.2) is 62.8 Å². The van der Waals surface area contributed by atoms with Crippen molar-refractivity contribution in [1.82, 2.24) is 10.1 Å².